The Kier molecular flexibility index (Phi) is 6.53. The average Bonchev–Trinajstić information content (AvgIpc) is 2.70. The van der Waals surface area contributed by atoms with Crippen LogP contribution in [0.3, 0.4) is 0 Å². The van der Waals surface area contributed by atoms with Crippen LogP contribution >= 0.6 is 27.3 Å². The Morgan fingerprint density at radius 2 is 1.95 bits per heavy atom. The molecule has 114 valence electrons. The lowest BCUT2D eigenvalue weighted by atomic mass is 9.99. The minimum Gasteiger partial charge on any atom is -0.326 e. The number of hydrogen-bond acceptors (Lipinski definition) is 3. The third-order valence-electron chi connectivity index (χ3n) is 4.60. The first kappa shape index (κ1) is 16.5. The third-order valence-corrected chi connectivity index (χ3v) is 6.30. The highest BCUT2D eigenvalue weighted by atomic mass is 79.9. The maximum Gasteiger partial charge on any atom is 0.0702 e. The van der Waals surface area contributed by atoms with E-state index in [1.807, 2.05) is 11.3 Å². The normalized spacial score (nSPS) is 20.9. The molecular weight excluding hydrogens is 332 g/mol. The van der Waals surface area contributed by atoms with Gasteiger partial charge in [-0.25, -0.2) is 0 Å². The molecule has 0 aliphatic heterocycles. The second-order valence-corrected chi connectivity index (χ2v) is 8.46. The third kappa shape index (κ3) is 4.06. The Morgan fingerprint density at radius 1 is 1.30 bits per heavy atom. The van der Waals surface area contributed by atoms with Crippen LogP contribution in [0.4, 0.5) is 0 Å². The van der Waals surface area contributed by atoms with Crippen molar-refractivity contribution in [2.75, 3.05) is 7.05 Å². The van der Waals surface area contributed by atoms with E-state index in [0.717, 1.165) is 6.42 Å². The van der Waals surface area contributed by atoms with Crippen LogP contribution in [0.15, 0.2) is 15.9 Å². The molecule has 0 aromatic carbocycles. The molecule has 2 N–H and O–H groups in total. The first-order chi connectivity index (χ1) is 9.63. The van der Waals surface area contributed by atoms with Gasteiger partial charge in [0.2, 0.25) is 0 Å². The van der Waals surface area contributed by atoms with E-state index in [1.54, 1.807) is 0 Å². The van der Waals surface area contributed by atoms with Crippen molar-refractivity contribution in [3.05, 3.63) is 20.8 Å². The van der Waals surface area contributed by atoms with Crippen molar-refractivity contribution in [3.63, 3.8) is 0 Å². The van der Waals surface area contributed by atoms with E-state index in [4.69, 9.17) is 5.73 Å². The number of halogens is 1. The van der Waals surface area contributed by atoms with E-state index in [-0.39, 0.29) is 6.04 Å². The molecule has 1 aliphatic carbocycles. The number of rotatable bonds is 5. The van der Waals surface area contributed by atoms with E-state index < -0.39 is 0 Å². The second kappa shape index (κ2) is 7.92. The number of likely N-dealkylation sites (N-methyl/N-ethyl adjacent to an activating group) is 1. The molecule has 20 heavy (non-hydrogen) atoms. The fraction of sp³-hybridized carbons (Fsp3) is 0.750. The Morgan fingerprint density at radius 3 is 2.45 bits per heavy atom. The molecule has 0 radical (unpaired) electrons. The fourth-order valence-electron chi connectivity index (χ4n) is 3.32. The first-order valence-corrected chi connectivity index (χ1v) is 9.47. The first-order valence-electron chi connectivity index (χ1n) is 7.86. The lowest BCUT2D eigenvalue weighted by Crippen LogP contribution is -2.43. The molecule has 1 fully saturated rings. The van der Waals surface area contributed by atoms with E-state index in [2.05, 4.69) is 46.9 Å². The Bertz CT molecular complexity index is 399. The van der Waals surface area contributed by atoms with Crippen molar-refractivity contribution < 1.29 is 0 Å². The molecule has 0 bridgehead atoms. The highest BCUT2D eigenvalue weighted by molar-refractivity contribution is 9.11. The van der Waals surface area contributed by atoms with Crippen molar-refractivity contribution in [1.82, 2.24) is 4.90 Å². The molecule has 2 atom stereocenters. The number of thiophene rings is 1. The second-order valence-electron chi connectivity index (χ2n) is 5.97. The van der Waals surface area contributed by atoms with Gasteiger partial charge in [-0.1, -0.05) is 32.6 Å². The quantitative estimate of drug-likeness (QED) is 0.754. The van der Waals surface area contributed by atoms with Gasteiger partial charge in [0.15, 0.2) is 0 Å². The molecule has 1 saturated carbocycles. The van der Waals surface area contributed by atoms with Crippen LogP contribution in [-0.2, 0) is 0 Å². The molecule has 0 spiro atoms. The highest BCUT2D eigenvalue weighted by Crippen LogP contribution is 2.35. The van der Waals surface area contributed by atoms with Crippen LogP contribution in [0.5, 0.6) is 0 Å². The summed E-state index contributed by atoms with van der Waals surface area (Å²) in [6.07, 6.45) is 9.23. The van der Waals surface area contributed by atoms with Crippen LogP contribution in [0.25, 0.3) is 0 Å². The summed E-state index contributed by atoms with van der Waals surface area (Å²) in [5.41, 5.74) is 6.45. The Balaban J connectivity index is 2.16. The summed E-state index contributed by atoms with van der Waals surface area (Å²) in [6, 6.07) is 5.66. The highest BCUT2D eigenvalue weighted by Gasteiger charge is 2.29. The summed E-state index contributed by atoms with van der Waals surface area (Å²) in [7, 11) is 2.28. The lowest BCUT2D eigenvalue weighted by molar-refractivity contribution is 0.137. The van der Waals surface area contributed by atoms with Gasteiger partial charge < -0.3 is 5.73 Å². The van der Waals surface area contributed by atoms with Crippen LogP contribution < -0.4 is 5.73 Å². The fourth-order valence-corrected chi connectivity index (χ4v) is 4.97. The van der Waals surface area contributed by atoms with Gasteiger partial charge in [-0.05, 0) is 54.4 Å². The maximum absolute atomic E-state index is 6.45. The molecular formula is C16H27BrN2S. The predicted octanol–water partition coefficient (Wildman–Crippen LogP) is 4.94. The van der Waals surface area contributed by atoms with E-state index in [0.29, 0.717) is 12.1 Å². The average molecular weight is 359 g/mol. The van der Waals surface area contributed by atoms with Gasteiger partial charge in [-0.3, -0.25) is 4.90 Å². The van der Waals surface area contributed by atoms with Gasteiger partial charge in [-0.2, -0.15) is 0 Å². The van der Waals surface area contributed by atoms with Gasteiger partial charge in [0.05, 0.1) is 9.83 Å². The summed E-state index contributed by atoms with van der Waals surface area (Å²) >= 11 is 5.42. The molecule has 0 amide bonds. The molecule has 4 heteroatoms. The van der Waals surface area contributed by atoms with Crippen molar-refractivity contribution in [1.29, 1.82) is 0 Å². The lowest BCUT2D eigenvalue weighted by Gasteiger charge is -2.37. The number of nitrogens with two attached hydrogens (primary N) is 1. The van der Waals surface area contributed by atoms with Gasteiger partial charge in [0.1, 0.15) is 0 Å². The van der Waals surface area contributed by atoms with E-state index in [1.165, 1.54) is 47.2 Å². The van der Waals surface area contributed by atoms with Gasteiger partial charge in [-0.15, -0.1) is 11.3 Å². The van der Waals surface area contributed by atoms with Gasteiger partial charge in [0.25, 0.3) is 0 Å². The van der Waals surface area contributed by atoms with Crippen molar-refractivity contribution in [2.24, 2.45) is 5.73 Å². The zero-order valence-electron chi connectivity index (χ0n) is 12.6. The Labute approximate surface area is 135 Å². The van der Waals surface area contributed by atoms with Gasteiger partial charge in [0, 0.05) is 17.0 Å². The minimum atomic E-state index is 0.216. The topological polar surface area (TPSA) is 29.3 Å². The SMILES string of the molecule is CCC(N)C(c1ccc(Br)s1)N(C)C1CCCCCC1. The number of nitrogens with zero attached hydrogens (tertiary/aromatic N) is 1. The van der Waals surface area contributed by atoms with Crippen LogP contribution in [-0.4, -0.2) is 24.0 Å². The Hall–Kier alpha value is 0.1000. The number of hydrogen-bond donors (Lipinski definition) is 1. The van der Waals surface area contributed by atoms with Crippen LogP contribution in [0, 0.1) is 0 Å². The van der Waals surface area contributed by atoms with Crippen molar-refractivity contribution in [3.8, 4) is 0 Å². The summed E-state index contributed by atoms with van der Waals surface area (Å²) in [6.45, 7) is 2.20. The predicted molar refractivity (Wildman–Crippen MR) is 92.3 cm³/mol. The summed E-state index contributed by atoms with van der Waals surface area (Å²) in [5.74, 6) is 0. The van der Waals surface area contributed by atoms with Crippen molar-refractivity contribution in [2.45, 2.75) is 70.0 Å². The monoisotopic (exact) mass is 358 g/mol. The van der Waals surface area contributed by atoms with Crippen molar-refractivity contribution >= 4 is 27.3 Å². The maximum atomic E-state index is 6.45. The summed E-state index contributed by atoms with van der Waals surface area (Å²) in [5, 5.41) is 0. The van der Waals surface area contributed by atoms with E-state index >= 15 is 0 Å². The van der Waals surface area contributed by atoms with E-state index in [9.17, 15) is 0 Å². The minimum absolute atomic E-state index is 0.216. The van der Waals surface area contributed by atoms with Gasteiger partial charge >= 0.3 is 0 Å². The molecule has 2 rings (SSSR count). The smallest absolute Gasteiger partial charge is 0.0702 e. The largest absolute Gasteiger partial charge is 0.326 e. The van der Waals surface area contributed by atoms with Crippen LogP contribution in [0.1, 0.15) is 62.8 Å². The summed E-state index contributed by atoms with van der Waals surface area (Å²) in [4.78, 5) is 3.97. The summed E-state index contributed by atoms with van der Waals surface area (Å²) < 4.78 is 1.20. The zero-order valence-corrected chi connectivity index (χ0v) is 15.0. The molecule has 1 heterocycles. The molecule has 1 aliphatic rings. The molecule has 2 nitrogen and oxygen atoms in total. The molecule has 0 saturated heterocycles. The molecule has 1 aromatic heterocycles. The molecule has 1 aromatic rings. The zero-order chi connectivity index (χ0) is 14.5. The standard InChI is InChI=1S/C16H27BrN2S/c1-3-13(18)16(14-10-11-15(17)20-14)19(2)12-8-6-4-5-7-9-12/h10-13,16H,3-9,18H2,1-2H3. The van der Waals surface area contributed by atoms with Crippen LogP contribution in [0.2, 0.25) is 0 Å². The molecule has 2 unspecified atom stereocenters.